The van der Waals surface area contributed by atoms with E-state index in [4.69, 9.17) is 10.00 Å². The molecule has 0 fully saturated rings. The van der Waals surface area contributed by atoms with E-state index in [9.17, 15) is 0 Å². The molecule has 0 aliphatic heterocycles. The first-order valence-corrected chi connectivity index (χ1v) is 3.94. The first kappa shape index (κ1) is 10.4. The lowest BCUT2D eigenvalue weighted by atomic mass is 10.1. The molecule has 1 atom stereocenters. The van der Waals surface area contributed by atoms with Crippen molar-refractivity contribution in [3.8, 4) is 6.07 Å². The molecule has 0 heterocycles. The van der Waals surface area contributed by atoms with Crippen LogP contribution >= 0.6 is 0 Å². The van der Waals surface area contributed by atoms with Crippen molar-refractivity contribution in [1.29, 1.82) is 5.26 Å². The van der Waals surface area contributed by atoms with Crippen molar-refractivity contribution in [2.45, 2.75) is 13.3 Å². The SMILES string of the molecule is CCC(C#N)CNCCOC. The molecule has 1 unspecified atom stereocenters. The van der Waals surface area contributed by atoms with Gasteiger partial charge in [0.25, 0.3) is 0 Å². The molecular weight excluding hydrogens is 140 g/mol. The lowest BCUT2D eigenvalue weighted by Gasteiger charge is -2.06. The van der Waals surface area contributed by atoms with Crippen LogP contribution in [0, 0.1) is 17.2 Å². The maximum absolute atomic E-state index is 8.56. The summed E-state index contributed by atoms with van der Waals surface area (Å²) in [6.07, 6.45) is 0.913. The summed E-state index contributed by atoms with van der Waals surface area (Å²) < 4.78 is 4.85. The van der Waals surface area contributed by atoms with E-state index < -0.39 is 0 Å². The summed E-state index contributed by atoms with van der Waals surface area (Å²) in [5.41, 5.74) is 0. The van der Waals surface area contributed by atoms with Gasteiger partial charge in [0, 0.05) is 20.2 Å². The van der Waals surface area contributed by atoms with E-state index in [1.54, 1.807) is 7.11 Å². The first-order chi connectivity index (χ1) is 5.35. The van der Waals surface area contributed by atoms with Crippen molar-refractivity contribution < 1.29 is 4.74 Å². The van der Waals surface area contributed by atoms with Gasteiger partial charge in [-0.3, -0.25) is 0 Å². The summed E-state index contributed by atoms with van der Waals surface area (Å²) >= 11 is 0. The van der Waals surface area contributed by atoms with Gasteiger partial charge >= 0.3 is 0 Å². The fraction of sp³-hybridized carbons (Fsp3) is 0.875. The Labute approximate surface area is 68.3 Å². The first-order valence-electron chi connectivity index (χ1n) is 3.94. The van der Waals surface area contributed by atoms with Crippen LogP contribution in [0.2, 0.25) is 0 Å². The van der Waals surface area contributed by atoms with Crippen LogP contribution < -0.4 is 5.32 Å². The maximum atomic E-state index is 8.56. The van der Waals surface area contributed by atoms with E-state index in [0.717, 1.165) is 19.5 Å². The lowest BCUT2D eigenvalue weighted by Crippen LogP contribution is -2.25. The minimum atomic E-state index is 0.145. The average Bonchev–Trinajstić information content (AvgIpc) is 2.05. The Balaban J connectivity index is 3.16. The van der Waals surface area contributed by atoms with Gasteiger partial charge in [0.2, 0.25) is 0 Å². The number of nitrogens with zero attached hydrogens (tertiary/aromatic N) is 1. The van der Waals surface area contributed by atoms with Crippen LogP contribution in [-0.2, 0) is 4.74 Å². The van der Waals surface area contributed by atoms with Crippen molar-refractivity contribution in [1.82, 2.24) is 5.32 Å². The summed E-state index contributed by atoms with van der Waals surface area (Å²) in [7, 11) is 1.67. The van der Waals surface area contributed by atoms with E-state index in [0.29, 0.717) is 6.61 Å². The van der Waals surface area contributed by atoms with Crippen LogP contribution in [0.3, 0.4) is 0 Å². The minimum absolute atomic E-state index is 0.145. The molecule has 0 radical (unpaired) electrons. The van der Waals surface area contributed by atoms with E-state index >= 15 is 0 Å². The van der Waals surface area contributed by atoms with Crippen LogP contribution in [0.4, 0.5) is 0 Å². The second-order valence-corrected chi connectivity index (χ2v) is 2.43. The molecule has 0 aliphatic carbocycles. The second kappa shape index (κ2) is 7.52. The van der Waals surface area contributed by atoms with Gasteiger partial charge in [-0.1, -0.05) is 6.92 Å². The zero-order valence-corrected chi connectivity index (χ0v) is 7.26. The molecule has 0 spiro atoms. The monoisotopic (exact) mass is 156 g/mol. The van der Waals surface area contributed by atoms with E-state index in [1.165, 1.54) is 0 Å². The quantitative estimate of drug-likeness (QED) is 0.578. The van der Waals surface area contributed by atoms with Gasteiger partial charge in [0.05, 0.1) is 18.6 Å². The van der Waals surface area contributed by atoms with Gasteiger partial charge in [0.15, 0.2) is 0 Å². The third-order valence-corrected chi connectivity index (χ3v) is 1.55. The second-order valence-electron chi connectivity index (χ2n) is 2.43. The zero-order chi connectivity index (χ0) is 8.53. The fourth-order valence-corrected chi connectivity index (χ4v) is 0.732. The number of nitrogens with one attached hydrogen (secondary N) is 1. The standard InChI is InChI=1S/C8H16N2O/c1-3-8(6-9)7-10-4-5-11-2/h8,10H,3-5,7H2,1-2H3. The van der Waals surface area contributed by atoms with Gasteiger partial charge < -0.3 is 10.1 Å². The number of hydrogen-bond donors (Lipinski definition) is 1. The highest BCUT2D eigenvalue weighted by molar-refractivity contribution is 4.82. The number of rotatable bonds is 6. The number of ether oxygens (including phenoxy) is 1. The molecular formula is C8H16N2O. The Hall–Kier alpha value is -0.590. The lowest BCUT2D eigenvalue weighted by molar-refractivity contribution is 0.198. The average molecular weight is 156 g/mol. The summed E-state index contributed by atoms with van der Waals surface area (Å²) in [6, 6.07) is 2.23. The molecule has 0 saturated carbocycles. The molecule has 0 bridgehead atoms. The minimum Gasteiger partial charge on any atom is -0.383 e. The Morgan fingerprint density at radius 1 is 1.64 bits per heavy atom. The predicted octanol–water partition coefficient (Wildman–Crippen LogP) is 0.772. The number of methoxy groups -OCH3 is 1. The smallest absolute Gasteiger partial charge is 0.0669 e. The topological polar surface area (TPSA) is 45.0 Å². The van der Waals surface area contributed by atoms with Gasteiger partial charge in [-0.05, 0) is 6.42 Å². The third kappa shape index (κ3) is 5.84. The zero-order valence-electron chi connectivity index (χ0n) is 7.26. The van der Waals surface area contributed by atoms with Crippen molar-refractivity contribution in [3.63, 3.8) is 0 Å². The van der Waals surface area contributed by atoms with E-state index in [-0.39, 0.29) is 5.92 Å². The molecule has 0 aromatic carbocycles. The molecule has 0 aromatic rings. The molecule has 0 aromatic heterocycles. The maximum Gasteiger partial charge on any atom is 0.0669 e. The van der Waals surface area contributed by atoms with Gasteiger partial charge in [-0.2, -0.15) is 5.26 Å². The van der Waals surface area contributed by atoms with Crippen molar-refractivity contribution in [2.75, 3.05) is 26.8 Å². The predicted molar refractivity (Wildman–Crippen MR) is 44.1 cm³/mol. The van der Waals surface area contributed by atoms with Crippen molar-refractivity contribution >= 4 is 0 Å². The van der Waals surface area contributed by atoms with Crippen LogP contribution in [0.5, 0.6) is 0 Å². The molecule has 0 saturated heterocycles. The summed E-state index contributed by atoms with van der Waals surface area (Å²) in [5, 5.41) is 11.7. The molecule has 11 heavy (non-hydrogen) atoms. The van der Waals surface area contributed by atoms with Gasteiger partial charge in [-0.15, -0.1) is 0 Å². The van der Waals surface area contributed by atoms with Crippen LogP contribution in [0.1, 0.15) is 13.3 Å². The summed E-state index contributed by atoms with van der Waals surface area (Å²) in [5.74, 6) is 0.145. The number of nitriles is 1. The largest absolute Gasteiger partial charge is 0.383 e. The molecule has 64 valence electrons. The highest BCUT2D eigenvalue weighted by Crippen LogP contribution is 1.96. The Morgan fingerprint density at radius 2 is 2.36 bits per heavy atom. The summed E-state index contributed by atoms with van der Waals surface area (Å²) in [6.45, 7) is 4.33. The Morgan fingerprint density at radius 3 is 2.82 bits per heavy atom. The third-order valence-electron chi connectivity index (χ3n) is 1.55. The van der Waals surface area contributed by atoms with Crippen LogP contribution in [-0.4, -0.2) is 26.8 Å². The molecule has 3 nitrogen and oxygen atoms in total. The summed E-state index contributed by atoms with van der Waals surface area (Å²) in [4.78, 5) is 0. The molecule has 0 amide bonds. The molecule has 0 rings (SSSR count). The Kier molecular flexibility index (Phi) is 7.11. The van der Waals surface area contributed by atoms with E-state index in [1.807, 2.05) is 6.92 Å². The normalized spacial score (nSPS) is 12.5. The fourth-order valence-electron chi connectivity index (χ4n) is 0.732. The van der Waals surface area contributed by atoms with Crippen LogP contribution in [0.25, 0.3) is 0 Å². The van der Waals surface area contributed by atoms with Crippen molar-refractivity contribution in [2.24, 2.45) is 5.92 Å². The molecule has 0 aliphatic rings. The molecule has 3 heteroatoms. The van der Waals surface area contributed by atoms with Gasteiger partial charge in [-0.25, -0.2) is 0 Å². The molecule has 1 N–H and O–H groups in total. The highest BCUT2D eigenvalue weighted by Gasteiger charge is 2.01. The number of hydrogen-bond acceptors (Lipinski definition) is 3. The van der Waals surface area contributed by atoms with Crippen LogP contribution in [0.15, 0.2) is 0 Å². The Bertz CT molecular complexity index is 120. The van der Waals surface area contributed by atoms with E-state index in [2.05, 4.69) is 11.4 Å². The highest BCUT2D eigenvalue weighted by atomic mass is 16.5. The van der Waals surface area contributed by atoms with Crippen molar-refractivity contribution in [3.05, 3.63) is 0 Å². The van der Waals surface area contributed by atoms with Gasteiger partial charge in [0.1, 0.15) is 0 Å².